The van der Waals surface area contributed by atoms with E-state index in [1.165, 1.54) is 9.44 Å². The maximum Gasteiger partial charge on any atom is 0.331 e. The van der Waals surface area contributed by atoms with Crippen LogP contribution in [0.4, 0.5) is 0 Å². The molecule has 2 aromatic heterocycles. The van der Waals surface area contributed by atoms with Gasteiger partial charge in [0.2, 0.25) is 5.91 Å². The first-order valence-corrected chi connectivity index (χ1v) is 9.49. The minimum absolute atomic E-state index is 0.0344. The van der Waals surface area contributed by atoms with Crippen molar-refractivity contribution in [2.45, 2.75) is 32.2 Å². The summed E-state index contributed by atoms with van der Waals surface area (Å²) in [4.78, 5) is 41.6. The van der Waals surface area contributed by atoms with Crippen LogP contribution in [0.25, 0.3) is 10.2 Å². The molecule has 2 aromatic rings. The number of hydrogen-bond donors (Lipinski definition) is 0. The lowest BCUT2D eigenvalue weighted by atomic mass is 10.2. The summed E-state index contributed by atoms with van der Waals surface area (Å²) >= 11 is 1.56. The maximum absolute atomic E-state index is 12.9. The van der Waals surface area contributed by atoms with E-state index in [4.69, 9.17) is 4.74 Å². The van der Waals surface area contributed by atoms with Gasteiger partial charge in [0.15, 0.2) is 0 Å². The Bertz CT molecular complexity index is 949. The van der Waals surface area contributed by atoms with Crippen LogP contribution >= 0.6 is 11.3 Å². The van der Waals surface area contributed by atoms with Gasteiger partial charge in [0, 0.05) is 38.0 Å². The Morgan fingerprint density at radius 1 is 1.20 bits per heavy atom. The average molecular weight is 363 g/mol. The molecule has 0 radical (unpaired) electrons. The van der Waals surface area contributed by atoms with Crippen molar-refractivity contribution in [1.82, 2.24) is 14.0 Å². The van der Waals surface area contributed by atoms with E-state index in [1.54, 1.807) is 27.9 Å². The lowest BCUT2D eigenvalue weighted by molar-refractivity contribution is -0.135. The van der Waals surface area contributed by atoms with Gasteiger partial charge in [-0.1, -0.05) is 0 Å². The van der Waals surface area contributed by atoms with Gasteiger partial charge < -0.3 is 9.64 Å². The molecule has 134 valence electrons. The number of aryl methyl sites for hydroxylation is 3. The molecule has 0 aromatic carbocycles. The SMILES string of the molecule is Cn1c(=O)n(CCC(=O)N2CCOCC2)c(=O)c2c3c(sc21)CCC3. The number of morpholine rings is 1. The third-order valence-corrected chi connectivity index (χ3v) is 6.47. The molecule has 25 heavy (non-hydrogen) atoms. The van der Waals surface area contributed by atoms with E-state index in [2.05, 4.69) is 0 Å². The van der Waals surface area contributed by atoms with Crippen molar-refractivity contribution in [2.24, 2.45) is 7.05 Å². The molecule has 1 fully saturated rings. The highest BCUT2D eigenvalue weighted by molar-refractivity contribution is 7.18. The smallest absolute Gasteiger partial charge is 0.331 e. The van der Waals surface area contributed by atoms with Crippen molar-refractivity contribution in [1.29, 1.82) is 0 Å². The molecule has 3 heterocycles. The zero-order valence-electron chi connectivity index (χ0n) is 14.2. The summed E-state index contributed by atoms with van der Waals surface area (Å²) in [6.45, 7) is 2.36. The van der Waals surface area contributed by atoms with Crippen molar-refractivity contribution in [3.8, 4) is 0 Å². The minimum Gasteiger partial charge on any atom is -0.378 e. The Morgan fingerprint density at radius 2 is 1.96 bits per heavy atom. The summed E-state index contributed by atoms with van der Waals surface area (Å²) in [5, 5.41) is 0.679. The van der Waals surface area contributed by atoms with E-state index >= 15 is 0 Å². The molecular weight excluding hydrogens is 342 g/mol. The highest BCUT2D eigenvalue weighted by Crippen LogP contribution is 2.34. The Morgan fingerprint density at radius 3 is 2.72 bits per heavy atom. The predicted octanol–water partition coefficient (Wildman–Crippen LogP) is 0.499. The molecule has 0 bridgehead atoms. The predicted molar refractivity (Wildman–Crippen MR) is 95.4 cm³/mol. The standard InChI is InChI=1S/C17H21N3O4S/c1-18-16-14(11-3-2-4-12(11)25-16)15(22)20(17(18)23)6-5-13(21)19-7-9-24-10-8-19/h2-10H2,1H3. The van der Waals surface area contributed by atoms with Crippen LogP contribution in [0.5, 0.6) is 0 Å². The number of fused-ring (bicyclic) bond motifs is 3. The van der Waals surface area contributed by atoms with Crippen molar-refractivity contribution in [3.63, 3.8) is 0 Å². The number of nitrogens with zero attached hydrogens (tertiary/aromatic N) is 3. The number of aromatic nitrogens is 2. The summed E-state index contributed by atoms with van der Waals surface area (Å²) in [6.07, 6.45) is 3.11. The second-order valence-electron chi connectivity index (χ2n) is 6.58. The van der Waals surface area contributed by atoms with Crippen LogP contribution in [0, 0.1) is 0 Å². The topological polar surface area (TPSA) is 73.5 Å². The van der Waals surface area contributed by atoms with Crippen LogP contribution < -0.4 is 11.2 Å². The molecule has 1 amide bonds. The third kappa shape index (κ3) is 2.73. The van der Waals surface area contributed by atoms with E-state index in [0.29, 0.717) is 31.7 Å². The first-order valence-electron chi connectivity index (χ1n) is 8.67. The molecule has 1 saturated heterocycles. The van der Waals surface area contributed by atoms with E-state index < -0.39 is 0 Å². The lowest BCUT2D eigenvalue weighted by Crippen LogP contribution is -2.43. The second-order valence-corrected chi connectivity index (χ2v) is 7.66. The fraction of sp³-hybridized carbons (Fsp3) is 0.588. The van der Waals surface area contributed by atoms with Crippen LogP contribution in [0.2, 0.25) is 0 Å². The summed E-state index contributed by atoms with van der Waals surface area (Å²) in [5.74, 6) is -0.0344. The van der Waals surface area contributed by atoms with Crippen LogP contribution in [-0.4, -0.2) is 46.2 Å². The van der Waals surface area contributed by atoms with Gasteiger partial charge in [-0.25, -0.2) is 4.79 Å². The summed E-state index contributed by atoms with van der Waals surface area (Å²) in [6, 6.07) is 0. The Labute approximate surface area is 148 Å². The van der Waals surface area contributed by atoms with Crippen molar-refractivity contribution in [2.75, 3.05) is 26.3 Å². The highest BCUT2D eigenvalue weighted by Gasteiger charge is 2.24. The van der Waals surface area contributed by atoms with Crippen LogP contribution in [0.3, 0.4) is 0 Å². The van der Waals surface area contributed by atoms with Crippen molar-refractivity contribution >= 4 is 27.5 Å². The van der Waals surface area contributed by atoms with Crippen LogP contribution in [0.1, 0.15) is 23.3 Å². The number of hydrogen-bond acceptors (Lipinski definition) is 5. The number of amides is 1. The highest BCUT2D eigenvalue weighted by atomic mass is 32.1. The van der Waals surface area contributed by atoms with Gasteiger partial charge in [-0.2, -0.15) is 0 Å². The fourth-order valence-electron chi connectivity index (χ4n) is 3.71. The van der Waals surface area contributed by atoms with E-state index in [9.17, 15) is 14.4 Å². The molecule has 0 unspecified atom stereocenters. The number of thiophene rings is 1. The maximum atomic E-state index is 12.9. The molecule has 8 heteroatoms. The number of ether oxygens (including phenoxy) is 1. The molecular formula is C17H21N3O4S. The summed E-state index contributed by atoms with van der Waals surface area (Å²) < 4.78 is 8.03. The summed E-state index contributed by atoms with van der Waals surface area (Å²) in [5.41, 5.74) is 0.522. The lowest BCUT2D eigenvalue weighted by Gasteiger charge is -2.26. The van der Waals surface area contributed by atoms with Gasteiger partial charge in [-0.05, 0) is 24.8 Å². The van der Waals surface area contributed by atoms with Crippen molar-refractivity contribution in [3.05, 3.63) is 31.3 Å². The Kier molecular flexibility index (Phi) is 4.24. The molecule has 0 saturated carbocycles. The second kappa shape index (κ2) is 6.42. The summed E-state index contributed by atoms with van der Waals surface area (Å²) in [7, 11) is 1.70. The molecule has 2 aliphatic rings. The largest absolute Gasteiger partial charge is 0.378 e. The Hall–Kier alpha value is -1.93. The number of carbonyl (C=O) groups excluding carboxylic acids is 1. The minimum atomic E-state index is -0.341. The molecule has 1 aliphatic carbocycles. The van der Waals surface area contributed by atoms with E-state index in [0.717, 1.165) is 29.7 Å². The third-order valence-electron chi connectivity index (χ3n) is 5.10. The zero-order chi connectivity index (χ0) is 17.6. The van der Waals surface area contributed by atoms with E-state index in [1.807, 2.05) is 0 Å². The molecule has 7 nitrogen and oxygen atoms in total. The number of carbonyl (C=O) groups is 1. The van der Waals surface area contributed by atoms with Gasteiger partial charge in [0.05, 0.1) is 18.6 Å². The van der Waals surface area contributed by atoms with Gasteiger partial charge in [0.25, 0.3) is 5.56 Å². The van der Waals surface area contributed by atoms with Crippen LogP contribution in [-0.2, 0) is 36.0 Å². The first-order chi connectivity index (χ1) is 12.1. The van der Waals surface area contributed by atoms with Gasteiger partial charge in [-0.15, -0.1) is 11.3 Å². The quantitative estimate of drug-likeness (QED) is 0.796. The Balaban J connectivity index is 1.66. The van der Waals surface area contributed by atoms with E-state index in [-0.39, 0.29) is 30.1 Å². The molecule has 0 atom stereocenters. The molecule has 4 rings (SSSR count). The monoisotopic (exact) mass is 363 g/mol. The average Bonchev–Trinajstić information content (AvgIpc) is 3.21. The van der Waals surface area contributed by atoms with Crippen molar-refractivity contribution < 1.29 is 9.53 Å². The molecule has 0 spiro atoms. The van der Waals surface area contributed by atoms with Gasteiger partial charge in [-0.3, -0.25) is 18.7 Å². The molecule has 1 aliphatic heterocycles. The zero-order valence-corrected chi connectivity index (χ0v) is 15.1. The van der Waals surface area contributed by atoms with Gasteiger partial charge >= 0.3 is 5.69 Å². The van der Waals surface area contributed by atoms with Gasteiger partial charge in [0.1, 0.15) is 4.83 Å². The number of rotatable bonds is 3. The molecule has 0 N–H and O–H groups in total. The fourth-order valence-corrected chi connectivity index (χ4v) is 5.05. The normalized spacial score (nSPS) is 17.2. The first kappa shape index (κ1) is 16.5. The van der Waals surface area contributed by atoms with Crippen LogP contribution in [0.15, 0.2) is 9.59 Å².